The van der Waals surface area contributed by atoms with Crippen LogP contribution in [0.3, 0.4) is 0 Å². The first kappa shape index (κ1) is 24.0. The van der Waals surface area contributed by atoms with Crippen LogP contribution in [0, 0.1) is 0 Å². The van der Waals surface area contributed by atoms with Crippen LogP contribution < -0.4 is 19.9 Å². The van der Waals surface area contributed by atoms with Gasteiger partial charge in [-0.2, -0.15) is 0 Å². The highest BCUT2D eigenvalue weighted by molar-refractivity contribution is 7.89. The predicted octanol–water partition coefficient (Wildman–Crippen LogP) is 4.06. The Balaban J connectivity index is 2.24. The predicted molar refractivity (Wildman–Crippen MR) is 117 cm³/mol. The number of rotatable bonds is 10. The summed E-state index contributed by atoms with van der Waals surface area (Å²) in [6.07, 6.45) is 1.85. The number of hydrogen-bond acceptors (Lipinski definition) is 5. The van der Waals surface area contributed by atoms with Gasteiger partial charge in [-0.25, -0.2) is 13.6 Å². The van der Waals surface area contributed by atoms with Crippen molar-refractivity contribution in [2.24, 2.45) is 5.14 Å². The minimum Gasteiger partial charge on any atom is -0.490 e. The summed E-state index contributed by atoms with van der Waals surface area (Å²) in [7, 11) is -3.83. The van der Waals surface area contributed by atoms with Gasteiger partial charge in [-0.1, -0.05) is 37.1 Å². The number of carbonyl (C=O) groups excluding carboxylic acids is 1. The lowest BCUT2D eigenvalue weighted by Crippen LogP contribution is -2.27. The lowest BCUT2D eigenvalue weighted by Gasteiger charge is -2.17. The maximum Gasteiger partial charge on any atom is 0.251 e. The summed E-state index contributed by atoms with van der Waals surface area (Å²) in [4.78, 5) is 12.8. The second kappa shape index (κ2) is 10.7. The molecular formula is C21H27ClN2O5S. The van der Waals surface area contributed by atoms with Gasteiger partial charge < -0.3 is 14.8 Å². The average Bonchev–Trinajstić information content (AvgIpc) is 2.69. The van der Waals surface area contributed by atoms with Crippen LogP contribution in [-0.4, -0.2) is 27.5 Å². The summed E-state index contributed by atoms with van der Waals surface area (Å²) >= 11 is 6.35. The van der Waals surface area contributed by atoms with Crippen molar-refractivity contribution in [3.8, 4) is 11.5 Å². The Morgan fingerprint density at radius 2 is 1.93 bits per heavy atom. The van der Waals surface area contributed by atoms with Crippen LogP contribution in [0.2, 0.25) is 5.02 Å². The average molecular weight is 455 g/mol. The molecule has 1 atom stereocenters. The molecule has 0 aliphatic rings. The third kappa shape index (κ3) is 6.35. The van der Waals surface area contributed by atoms with Gasteiger partial charge in [-0.05, 0) is 50.1 Å². The van der Waals surface area contributed by atoms with E-state index in [1.54, 1.807) is 25.1 Å². The van der Waals surface area contributed by atoms with Gasteiger partial charge in [0.1, 0.15) is 0 Å². The lowest BCUT2D eigenvalue weighted by molar-refractivity contribution is 0.0939. The van der Waals surface area contributed by atoms with Gasteiger partial charge in [0.05, 0.1) is 29.2 Å². The molecule has 0 aliphatic heterocycles. The van der Waals surface area contributed by atoms with Gasteiger partial charge in [-0.3, -0.25) is 4.79 Å². The largest absolute Gasteiger partial charge is 0.490 e. The van der Waals surface area contributed by atoms with E-state index >= 15 is 0 Å². The standard InChI is InChI=1S/C21H27ClN2O5S/c1-4-6-10-29-20-18(22)12-16(13-19(20)28-5-2)21(25)24-14(3)15-8-7-9-17(11-15)30(23,26)27/h7-9,11-14H,4-6,10H2,1-3H3,(H,24,25)(H2,23,26,27). The highest BCUT2D eigenvalue weighted by Crippen LogP contribution is 2.37. The van der Waals surface area contributed by atoms with Gasteiger partial charge in [0.15, 0.2) is 11.5 Å². The van der Waals surface area contributed by atoms with Crippen molar-refractivity contribution in [2.45, 2.75) is 44.6 Å². The zero-order valence-corrected chi connectivity index (χ0v) is 18.8. The maximum atomic E-state index is 12.8. The molecule has 0 saturated heterocycles. The molecule has 9 heteroatoms. The Morgan fingerprint density at radius 1 is 1.20 bits per heavy atom. The van der Waals surface area contributed by atoms with Crippen LogP contribution in [0.4, 0.5) is 0 Å². The minimum absolute atomic E-state index is 0.0173. The fraction of sp³-hybridized carbons (Fsp3) is 0.381. The molecule has 0 aromatic heterocycles. The van der Waals surface area contributed by atoms with Crippen molar-refractivity contribution in [2.75, 3.05) is 13.2 Å². The van der Waals surface area contributed by atoms with Crippen LogP contribution in [0.1, 0.15) is 55.6 Å². The van der Waals surface area contributed by atoms with Gasteiger partial charge in [0, 0.05) is 5.56 Å². The molecule has 2 rings (SSSR count). The van der Waals surface area contributed by atoms with Crippen LogP contribution in [0.25, 0.3) is 0 Å². The van der Waals surface area contributed by atoms with Crippen molar-refractivity contribution in [1.29, 1.82) is 0 Å². The molecule has 164 valence electrons. The van der Waals surface area contributed by atoms with Gasteiger partial charge in [-0.15, -0.1) is 0 Å². The molecule has 0 spiro atoms. The number of hydrogen-bond donors (Lipinski definition) is 2. The highest BCUT2D eigenvalue weighted by atomic mass is 35.5. The normalized spacial score (nSPS) is 12.3. The summed E-state index contributed by atoms with van der Waals surface area (Å²) in [5.41, 5.74) is 0.909. The van der Waals surface area contributed by atoms with E-state index in [1.165, 1.54) is 18.2 Å². The molecule has 2 aromatic rings. The molecule has 0 heterocycles. The van der Waals surface area contributed by atoms with E-state index in [2.05, 4.69) is 12.2 Å². The Kier molecular flexibility index (Phi) is 8.52. The fourth-order valence-corrected chi connectivity index (χ4v) is 3.58. The molecule has 0 aliphatic carbocycles. The van der Waals surface area contributed by atoms with Crippen LogP contribution in [0.15, 0.2) is 41.3 Å². The smallest absolute Gasteiger partial charge is 0.251 e. The highest BCUT2D eigenvalue weighted by Gasteiger charge is 2.19. The molecule has 1 amide bonds. The number of ether oxygens (including phenoxy) is 2. The van der Waals surface area contributed by atoms with E-state index < -0.39 is 16.1 Å². The summed E-state index contributed by atoms with van der Waals surface area (Å²) in [5.74, 6) is 0.430. The lowest BCUT2D eigenvalue weighted by atomic mass is 10.1. The molecule has 0 radical (unpaired) electrons. The van der Waals surface area contributed by atoms with Crippen molar-refractivity contribution in [3.05, 3.63) is 52.5 Å². The molecule has 0 bridgehead atoms. The number of nitrogens with two attached hydrogens (primary N) is 1. The Bertz CT molecular complexity index is 995. The van der Waals surface area contributed by atoms with E-state index in [0.29, 0.717) is 35.8 Å². The van der Waals surface area contributed by atoms with Gasteiger partial charge >= 0.3 is 0 Å². The molecule has 2 aromatic carbocycles. The molecular weight excluding hydrogens is 428 g/mol. The molecule has 1 unspecified atom stereocenters. The number of sulfonamides is 1. The third-order valence-electron chi connectivity index (χ3n) is 4.35. The molecule has 3 N–H and O–H groups in total. The van der Waals surface area contributed by atoms with E-state index in [4.69, 9.17) is 26.2 Å². The van der Waals surface area contributed by atoms with E-state index in [1.807, 2.05) is 6.92 Å². The Labute approximate surface area is 182 Å². The number of carbonyl (C=O) groups is 1. The molecule has 30 heavy (non-hydrogen) atoms. The fourth-order valence-electron chi connectivity index (χ4n) is 2.74. The quantitative estimate of drug-likeness (QED) is 0.526. The number of halogens is 1. The monoisotopic (exact) mass is 454 g/mol. The van der Waals surface area contributed by atoms with Gasteiger partial charge in [0.2, 0.25) is 10.0 Å². The first-order valence-corrected chi connectivity index (χ1v) is 11.6. The van der Waals surface area contributed by atoms with Crippen molar-refractivity contribution in [3.63, 3.8) is 0 Å². The number of amides is 1. The molecule has 7 nitrogen and oxygen atoms in total. The summed E-state index contributed by atoms with van der Waals surface area (Å²) in [6.45, 7) is 6.52. The van der Waals surface area contributed by atoms with E-state index in [0.717, 1.165) is 12.8 Å². The second-order valence-corrected chi connectivity index (χ2v) is 8.70. The van der Waals surface area contributed by atoms with Crippen molar-refractivity contribution < 1.29 is 22.7 Å². The zero-order chi connectivity index (χ0) is 22.3. The number of primary sulfonamides is 1. The minimum atomic E-state index is -3.83. The number of benzene rings is 2. The van der Waals surface area contributed by atoms with E-state index in [9.17, 15) is 13.2 Å². The van der Waals surface area contributed by atoms with Crippen LogP contribution in [0.5, 0.6) is 11.5 Å². The SMILES string of the molecule is CCCCOc1c(Cl)cc(C(=O)NC(C)c2cccc(S(N)(=O)=O)c2)cc1OCC. The van der Waals surface area contributed by atoms with Gasteiger partial charge in [0.25, 0.3) is 5.91 Å². The number of nitrogens with one attached hydrogen (secondary N) is 1. The van der Waals surface area contributed by atoms with Crippen LogP contribution >= 0.6 is 11.6 Å². The molecule has 0 fully saturated rings. The van der Waals surface area contributed by atoms with Crippen LogP contribution in [-0.2, 0) is 10.0 Å². The van der Waals surface area contributed by atoms with E-state index in [-0.39, 0.29) is 15.8 Å². The zero-order valence-electron chi connectivity index (χ0n) is 17.3. The Hall–Kier alpha value is -2.29. The second-order valence-electron chi connectivity index (χ2n) is 6.73. The van der Waals surface area contributed by atoms with Crippen molar-refractivity contribution in [1.82, 2.24) is 5.32 Å². The third-order valence-corrected chi connectivity index (χ3v) is 5.54. The summed E-state index contributed by atoms with van der Waals surface area (Å²) in [6, 6.07) is 8.76. The first-order valence-electron chi connectivity index (χ1n) is 9.70. The summed E-state index contributed by atoms with van der Waals surface area (Å²) < 4.78 is 34.5. The number of unbranched alkanes of at least 4 members (excludes halogenated alkanes) is 1. The van der Waals surface area contributed by atoms with Crippen molar-refractivity contribution >= 4 is 27.5 Å². The first-order chi connectivity index (χ1) is 14.2. The Morgan fingerprint density at radius 3 is 2.57 bits per heavy atom. The maximum absolute atomic E-state index is 12.8. The topological polar surface area (TPSA) is 108 Å². The summed E-state index contributed by atoms with van der Waals surface area (Å²) in [5, 5.41) is 8.30. The molecule has 0 saturated carbocycles.